The van der Waals surface area contributed by atoms with Crippen LogP contribution in [0.3, 0.4) is 0 Å². The molecule has 0 aliphatic heterocycles. The minimum atomic E-state index is -3.46. The van der Waals surface area contributed by atoms with Crippen LogP contribution in [-0.2, 0) is 25.1 Å². The Bertz CT molecular complexity index is 1560. The number of ether oxygens (including phenoxy) is 1. The maximum atomic E-state index is 14.9. The lowest BCUT2D eigenvalue weighted by Gasteiger charge is -2.24. The van der Waals surface area contributed by atoms with Crippen LogP contribution in [-0.4, -0.2) is 54.7 Å². The molecule has 2 aromatic carbocycles. The van der Waals surface area contributed by atoms with E-state index in [2.05, 4.69) is 4.98 Å². The zero-order chi connectivity index (χ0) is 28.5. The Hall–Kier alpha value is -3.70. The van der Waals surface area contributed by atoms with Gasteiger partial charge in [0.1, 0.15) is 17.3 Å². The molecule has 1 aromatic heterocycles. The Morgan fingerprint density at radius 1 is 1.31 bits per heavy atom. The number of nitrogens with zero attached hydrogens (tertiary/aromatic N) is 1. The van der Waals surface area contributed by atoms with E-state index in [9.17, 15) is 27.5 Å². The highest BCUT2D eigenvalue weighted by molar-refractivity contribution is 7.89. The van der Waals surface area contributed by atoms with Crippen LogP contribution in [0.5, 0.6) is 0 Å². The number of carbonyl (C=O) groups excluding carboxylic acids is 1. The number of amides is 1. The lowest BCUT2D eigenvalue weighted by molar-refractivity contribution is -0.117. The van der Waals surface area contributed by atoms with E-state index in [4.69, 9.17) is 10.5 Å². The minimum Gasteiger partial charge on any atom is -0.500 e. The van der Waals surface area contributed by atoms with Crippen molar-refractivity contribution in [2.24, 2.45) is 5.73 Å². The number of halogens is 1. The van der Waals surface area contributed by atoms with Gasteiger partial charge in [-0.05, 0) is 43.4 Å². The van der Waals surface area contributed by atoms with Gasteiger partial charge in [-0.15, -0.1) is 0 Å². The van der Waals surface area contributed by atoms with E-state index in [1.165, 1.54) is 24.1 Å². The molecule has 4 rings (SSSR count). The fourth-order valence-corrected chi connectivity index (χ4v) is 5.51. The van der Waals surface area contributed by atoms with E-state index >= 15 is 0 Å². The quantitative estimate of drug-likeness (QED) is 0.220. The van der Waals surface area contributed by atoms with Crippen molar-refractivity contribution in [3.63, 3.8) is 0 Å². The number of sulfone groups is 1. The Morgan fingerprint density at radius 3 is 2.59 bits per heavy atom. The molecule has 1 aliphatic carbocycles. The highest BCUT2D eigenvalue weighted by atomic mass is 32.2. The third kappa shape index (κ3) is 6.31. The molecule has 0 spiro atoms. The van der Waals surface area contributed by atoms with Gasteiger partial charge in [-0.3, -0.25) is 4.79 Å². The molecule has 0 saturated heterocycles. The average Bonchev–Trinajstić information content (AvgIpc) is 3.48. The highest BCUT2D eigenvalue weighted by Gasteiger charge is 2.37. The number of carboxylic acid groups (broad SMARTS) is 1. The Labute approximate surface area is 226 Å². The fraction of sp³-hybridized carbons (Fsp3) is 0.357. The van der Waals surface area contributed by atoms with Crippen LogP contribution >= 0.6 is 0 Å². The third-order valence-electron chi connectivity index (χ3n) is 7.18. The summed E-state index contributed by atoms with van der Waals surface area (Å²) in [6.07, 6.45) is 6.56. The molecule has 3 aromatic rings. The van der Waals surface area contributed by atoms with Gasteiger partial charge in [-0.2, -0.15) is 0 Å². The van der Waals surface area contributed by atoms with Crippen molar-refractivity contribution >= 4 is 33.1 Å². The van der Waals surface area contributed by atoms with Crippen LogP contribution in [0.1, 0.15) is 60.3 Å². The SMILES string of the molecule is CO/C(=C\N(C=O)[C@@H](C)c1cccc2c(-c3ccc(CS(C)(=O)=O)c(F)c3)c(C(=O)O)[nH]c12)CCC1(N)CC1. The molecule has 0 unspecified atom stereocenters. The van der Waals surface area contributed by atoms with E-state index in [0.717, 1.165) is 31.6 Å². The second kappa shape index (κ2) is 10.8. The van der Waals surface area contributed by atoms with Gasteiger partial charge in [-0.1, -0.05) is 30.3 Å². The molecule has 1 fully saturated rings. The summed E-state index contributed by atoms with van der Waals surface area (Å²) >= 11 is 0. The summed E-state index contributed by atoms with van der Waals surface area (Å²) < 4.78 is 43.6. The summed E-state index contributed by atoms with van der Waals surface area (Å²) in [4.78, 5) is 28.7. The Kier molecular flexibility index (Phi) is 7.85. The van der Waals surface area contributed by atoms with Gasteiger partial charge in [-0.25, -0.2) is 17.6 Å². The largest absolute Gasteiger partial charge is 0.500 e. The first-order valence-corrected chi connectivity index (χ1v) is 14.5. The number of fused-ring (bicyclic) bond motifs is 1. The van der Waals surface area contributed by atoms with Gasteiger partial charge in [0.25, 0.3) is 0 Å². The first kappa shape index (κ1) is 28.3. The molecule has 1 heterocycles. The van der Waals surface area contributed by atoms with Crippen LogP contribution in [0.15, 0.2) is 48.4 Å². The number of aromatic amines is 1. The van der Waals surface area contributed by atoms with Gasteiger partial charge >= 0.3 is 5.97 Å². The maximum Gasteiger partial charge on any atom is 0.352 e. The van der Waals surface area contributed by atoms with E-state index in [1.807, 2.05) is 0 Å². The predicted octanol–water partition coefficient (Wildman–Crippen LogP) is 4.50. The number of nitrogens with one attached hydrogen (secondary N) is 1. The molecular weight excluding hydrogens is 525 g/mol. The second-order valence-electron chi connectivity index (χ2n) is 10.2. The van der Waals surface area contributed by atoms with Crippen molar-refractivity contribution in [2.45, 2.75) is 49.9 Å². The number of aromatic carboxylic acids is 1. The van der Waals surface area contributed by atoms with Crippen molar-refractivity contribution in [1.29, 1.82) is 0 Å². The number of aromatic nitrogens is 1. The fourth-order valence-electron chi connectivity index (χ4n) is 4.71. The number of para-hydroxylation sites is 1. The summed E-state index contributed by atoms with van der Waals surface area (Å²) in [6, 6.07) is 8.72. The summed E-state index contributed by atoms with van der Waals surface area (Å²) in [5.41, 5.74) is 7.54. The second-order valence-corrected chi connectivity index (χ2v) is 12.4. The molecule has 39 heavy (non-hydrogen) atoms. The normalized spacial score (nSPS) is 15.7. The average molecular weight is 558 g/mol. The van der Waals surface area contributed by atoms with E-state index in [1.54, 1.807) is 31.3 Å². The first-order chi connectivity index (χ1) is 18.4. The van der Waals surface area contributed by atoms with Crippen LogP contribution in [0, 0.1) is 5.82 Å². The summed E-state index contributed by atoms with van der Waals surface area (Å²) in [5.74, 6) is -1.86. The molecular formula is C28H32FN3O6S. The number of H-pyrrole nitrogens is 1. The number of hydrogen-bond donors (Lipinski definition) is 3. The standard InChI is InChI=1S/C28H32FN3O6S/c1-17(32(16-33)14-20(38-2)9-10-28(30)11-12-28)21-5-4-6-22-24(26(27(34)35)31-25(21)22)18-7-8-19(23(29)13-18)15-39(3,36)37/h4-8,13-14,16-17,31H,9-12,15,30H2,1-3H3,(H,34,35)/b20-14-/t17-/m0/s1. The predicted molar refractivity (Wildman–Crippen MR) is 146 cm³/mol. The van der Waals surface area contributed by atoms with Crippen LogP contribution in [0.2, 0.25) is 0 Å². The van der Waals surface area contributed by atoms with Crippen molar-refractivity contribution in [2.75, 3.05) is 13.4 Å². The molecule has 208 valence electrons. The van der Waals surface area contributed by atoms with Crippen LogP contribution < -0.4 is 5.73 Å². The van der Waals surface area contributed by atoms with Crippen molar-refractivity contribution < 1.29 is 32.2 Å². The van der Waals surface area contributed by atoms with Crippen molar-refractivity contribution in [3.05, 3.63) is 71.0 Å². The molecule has 1 atom stereocenters. The summed E-state index contributed by atoms with van der Waals surface area (Å²) in [7, 11) is -1.93. The number of methoxy groups -OCH3 is 1. The number of carboxylic acids is 1. The van der Waals surface area contributed by atoms with Gasteiger partial charge in [0, 0.05) is 40.9 Å². The topological polar surface area (TPSA) is 143 Å². The van der Waals surface area contributed by atoms with E-state index in [0.29, 0.717) is 35.1 Å². The van der Waals surface area contributed by atoms with Crippen molar-refractivity contribution in [3.8, 4) is 11.1 Å². The molecule has 11 heteroatoms. The van der Waals surface area contributed by atoms with Crippen LogP contribution in [0.25, 0.3) is 22.0 Å². The molecule has 1 amide bonds. The van der Waals surface area contributed by atoms with E-state index in [-0.39, 0.29) is 27.9 Å². The number of rotatable bonds is 12. The monoisotopic (exact) mass is 557 g/mol. The third-order valence-corrected chi connectivity index (χ3v) is 8.01. The number of nitrogens with two attached hydrogens (primary N) is 1. The molecule has 0 radical (unpaired) electrons. The minimum absolute atomic E-state index is 0.00289. The number of carbonyl (C=O) groups is 2. The highest BCUT2D eigenvalue weighted by Crippen LogP contribution is 2.39. The van der Waals surface area contributed by atoms with Gasteiger partial charge in [0.15, 0.2) is 9.84 Å². The number of benzene rings is 2. The first-order valence-electron chi connectivity index (χ1n) is 12.5. The van der Waals surface area contributed by atoms with Gasteiger partial charge in [0.05, 0.1) is 24.4 Å². The molecule has 9 nitrogen and oxygen atoms in total. The lowest BCUT2D eigenvalue weighted by atomic mass is 9.97. The van der Waals surface area contributed by atoms with Crippen molar-refractivity contribution in [1.82, 2.24) is 9.88 Å². The molecule has 1 saturated carbocycles. The molecule has 0 bridgehead atoms. The molecule has 1 aliphatic rings. The van der Waals surface area contributed by atoms with Crippen LogP contribution in [0.4, 0.5) is 4.39 Å². The van der Waals surface area contributed by atoms with Gasteiger partial charge < -0.3 is 25.5 Å². The molecule has 4 N–H and O–H groups in total. The number of allylic oxidation sites excluding steroid dienone is 1. The van der Waals surface area contributed by atoms with Gasteiger partial charge in [0.2, 0.25) is 6.41 Å². The number of hydrogen-bond acceptors (Lipinski definition) is 6. The zero-order valence-electron chi connectivity index (χ0n) is 22.0. The summed E-state index contributed by atoms with van der Waals surface area (Å²) in [5, 5.41) is 10.5. The lowest BCUT2D eigenvalue weighted by Crippen LogP contribution is -2.23. The van der Waals surface area contributed by atoms with E-state index < -0.39 is 33.4 Å². The summed E-state index contributed by atoms with van der Waals surface area (Å²) in [6.45, 7) is 1.80. The Morgan fingerprint density at radius 2 is 2.03 bits per heavy atom. The Balaban J connectivity index is 1.75. The smallest absolute Gasteiger partial charge is 0.352 e. The maximum absolute atomic E-state index is 14.9. The zero-order valence-corrected chi connectivity index (χ0v) is 22.8.